The average molecular weight is 710 g/mol. The van der Waals surface area contributed by atoms with Gasteiger partial charge in [-0.3, -0.25) is 13.9 Å². The third-order valence-corrected chi connectivity index (χ3v) is 9.20. The normalized spacial score (nSPS) is 12.3. The maximum Gasteiger partial charge on any atom is 0.264 e. The van der Waals surface area contributed by atoms with E-state index in [0.29, 0.717) is 5.69 Å². The summed E-state index contributed by atoms with van der Waals surface area (Å²) in [6.07, 6.45) is 0.260. The number of hydrogen-bond acceptors (Lipinski definition) is 4. The Kier molecular flexibility index (Phi) is 10.6. The summed E-state index contributed by atoms with van der Waals surface area (Å²) < 4.78 is 30.0. The van der Waals surface area contributed by atoms with Gasteiger partial charge in [0.15, 0.2) is 0 Å². The van der Waals surface area contributed by atoms with Crippen LogP contribution in [0.3, 0.4) is 0 Å². The molecule has 43 heavy (non-hydrogen) atoms. The largest absolute Gasteiger partial charge is 0.350 e. The van der Waals surface area contributed by atoms with E-state index in [-0.39, 0.29) is 23.8 Å². The number of hydrogen-bond donors (Lipinski definition) is 1. The van der Waals surface area contributed by atoms with Crippen LogP contribution >= 0.6 is 22.6 Å². The van der Waals surface area contributed by atoms with Crippen LogP contribution < -0.4 is 9.62 Å². The molecule has 0 aromatic heterocycles. The van der Waals surface area contributed by atoms with Crippen molar-refractivity contribution in [2.75, 3.05) is 10.8 Å². The topological polar surface area (TPSA) is 86.8 Å². The van der Waals surface area contributed by atoms with Crippen molar-refractivity contribution in [3.05, 3.63) is 130 Å². The van der Waals surface area contributed by atoms with E-state index in [1.807, 2.05) is 81.4 Å². The Balaban J connectivity index is 1.79. The van der Waals surface area contributed by atoms with Gasteiger partial charge in [-0.2, -0.15) is 0 Å². The molecule has 4 aromatic rings. The molecule has 0 aliphatic rings. The van der Waals surface area contributed by atoms with E-state index in [1.54, 1.807) is 42.5 Å². The van der Waals surface area contributed by atoms with E-state index in [2.05, 4.69) is 27.9 Å². The Bertz CT molecular complexity index is 1610. The number of carbonyl (C=O) groups is 2. The lowest BCUT2D eigenvalue weighted by Crippen LogP contribution is -2.56. The van der Waals surface area contributed by atoms with Gasteiger partial charge >= 0.3 is 0 Å². The molecule has 0 saturated carbocycles. The lowest BCUT2D eigenvalue weighted by Gasteiger charge is -2.35. The van der Waals surface area contributed by atoms with Crippen molar-refractivity contribution in [2.24, 2.45) is 0 Å². The Morgan fingerprint density at radius 1 is 0.767 bits per heavy atom. The zero-order chi connectivity index (χ0) is 31.0. The minimum absolute atomic E-state index is 0.0715. The first-order chi connectivity index (χ1) is 20.4. The molecule has 224 valence electrons. The van der Waals surface area contributed by atoms with Gasteiger partial charge in [0, 0.05) is 22.1 Å². The minimum Gasteiger partial charge on any atom is -0.350 e. The second-order valence-corrected chi connectivity index (χ2v) is 14.4. The van der Waals surface area contributed by atoms with Crippen LogP contribution in [0.1, 0.15) is 31.9 Å². The Hall–Kier alpha value is -3.70. The Labute approximate surface area is 268 Å². The molecule has 0 fully saturated rings. The van der Waals surface area contributed by atoms with Gasteiger partial charge in [0.1, 0.15) is 12.6 Å². The fourth-order valence-electron chi connectivity index (χ4n) is 4.64. The van der Waals surface area contributed by atoms with Gasteiger partial charge < -0.3 is 10.2 Å². The van der Waals surface area contributed by atoms with Crippen molar-refractivity contribution < 1.29 is 18.0 Å². The highest BCUT2D eigenvalue weighted by Crippen LogP contribution is 2.26. The summed E-state index contributed by atoms with van der Waals surface area (Å²) in [6, 6.07) is 33.0. The molecule has 2 amide bonds. The molecular weight excluding hydrogens is 673 g/mol. The standard InChI is InChI=1S/C34H36IN3O4S/c1-34(2,3)36-33(40)31(23-26-13-7-4-8-14-26)37(24-27-15-9-5-10-16-27)32(39)25-38(29-21-19-28(35)20-22-29)43(41,42)30-17-11-6-12-18-30/h4-22,31H,23-25H2,1-3H3,(H,36,40)/t31-/m0/s1. The van der Waals surface area contributed by atoms with E-state index in [1.165, 1.54) is 17.0 Å². The van der Waals surface area contributed by atoms with Crippen molar-refractivity contribution in [3.63, 3.8) is 0 Å². The smallest absolute Gasteiger partial charge is 0.264 e. The molecule has 0 bridgehead atoms. The molecule has 7 nitrogen and oxygen atoms in total. The predicted octanol–water partition coefficient (Wildman–Crippen LogP) is 6.04. The first-order valence-corrected chi connectivity index (χ1v) is 16.5. The Morgan fingerprint density at radius 3 is 1.81 bits per heavy atom. The summed E-state index contributed by atoms with van der Waals surface area (Å²) in [5, 5.41) is 3.04. The highest BCUT2D eigenvalue weighted by Gasteiger charge is 2.35. The molecule has 0 aliphatic heterocycles. The summed E-state index contributed by atoms with van der Waals surface area (Å²) in [5.41, 5.74) is 1.52. The zero-order valence-electron chi connectivity index (χ0n) is 24.5. The van der Waals surface area contributed by atoms with Crippen LogP contribution in [-0.2, 0) is 32.6 Å². The number of nitrogens with zero attached hydrogens (tertiary/aromatic N) is 2. The monoisotopic (exact) mass is 709 g/mol. The Morgan fingerprint density at radius 2 is 1.28 bits per heavy atom. The molecule has 1 atom stereocenters. The van der Waals surface area contributed by atoms with Crippen LogP contribution in [0.5, 0.6) is 0 Å². The molecule has 0 radical (unpaired) electrons. The minimum atomic E-state index is -4.12. The lowest BCUT2D eigenvalue weighted by atomic mass is 10.0. The van der Waals surface area contributed by atoms with Crippen LogP contribution in [0.4, 0.5) is 5.69 Å². The van der Waals surface area contributed by atoms with Crippen molar-refractivity contribution in [3.8, 4) is 0 Å². The fourth-order valence-corrected chi connectivity index (χ4v) is 6.44. The summed E-state index contributed by atoms with van der Waals surface area (Å²) in [7, 11) is -4.12. The van der Waals surface area contributed by atoms with E-state index in [4.69, 9.17) is 0 Å². The van der Waals surface area contributed by atoms with E-state index < -0.39 is 34.1 Å². The van der Waals surface area contributed by atoms with Crippen molar-refractivity contribution >= 4 is 50.1 Å². The van der Waals surface area contributed by atoms with Gasteiger partial charge in [0.2, 0.25) is 11.8 Å². The molecule has 0 heterocycles. The molecule has 0 aliphatic carbocycles. The number of carbonyl (C=O) groups excluding carboxylic acids is 2. The summed E-state index contributed by atoms with van der Waals surface area (Å²) in [6.45, 7) is 5.30. The number of amides is 2. The van der Waals surface area contributed by atoms with Crippen molar-refractivity contribution in [2.45, 2.75) is 50.2 Å². The number of nitrogens with one attached hydrogen (secondary N) is 1. The second-order valence-electron chi connectivity index (χ2n) is 11.3. The van der Waals surface area contributed by atoms with Crippen molar-refractivity contribution in [1.29, 1.82) is 0 Å². The van der Waals surface area contributed by atoms with Gasteiger partial charge in [-0.1, -0.05) is 78.9 Å². The van der Waals surface area contributed by atoms with E-state index in [9.17, 15) is 18.0 Å². The number of rotatable bonds is 11. The first kappa shape index (κ1) is 32.2. The molecule has 4 aromatic carbocycles. The summed E-state index contributed by atoms with van der Waals surface area (Å²) in [4.78, 5) is 29.9. The quantitative estimate of drug-likeness (QED) is 0.193. The number of benzene rings is 4. The molecule has 0 spiro atoms. The van der Waals surface area contributed by atoms with Gasteiger partial charge in [-0.05, 0) is 90.9 Å². The maximum absolute atomic E-state index is 14.4. The molecule has 0 saturated heterocycles. The number of sulfonamides is 1. The third kappa shape index (κ3) is 8.90. The average Bonchev–Trinajstić information content (AvgIpc) is 2.98. The molecule has 0 unspecified atom stereocenters. The predicted molar refractivity (Wildman–Crippen MR) is 179 cm³/mol. The van der Waals surface area contributed by atoms with Crippen LogP contribution in [0, 0.1) is 3.57 Å². The van der Waals surface area contributed by atoms with Crippen LogP contribution in [0.15, 0.2) is 120 Å². The van der Waals surface area contributed by atoms with Gasteiger partial charge in [0.05, 0.1) is 10.6 Å². The van der Waals surface area contributed by atoms with Gasteiger partial charge in [0.25, 0.3) is 10.0 Å². The van der Waals surface area contributed by atoms with Crippen LogP contribution in [0.2, 0.25) is 0 Å². The van der Waals surface area contributed by atoms with Gasteiger partial charge in [-0.25, -0.2) is 8.42 Å². The number of halogens is 1. The summed E-state index contributed by atoms with van der Waals surface area (Å²) >= 11 is 2.15. The fraction of sp³-hybridized carbons (Fsp3) is 0.235. The lowest BCUT2D eigenvalue weighted by molar-refractivity contribution is -0.140. The highest BCUT2D eigenvalue weighted by atomic mass is 127. The molecule has 1 N–H and O–H groups in total. The molecular formula is C34H36IN3O4S. The first-order valence-electron chi connectivity index (χ1n) is 14.0. The molecule has 4 rings (SSSR count). The molecule has 9 heteroatoms. The van der Waals surface area contributed by atoms with Crippen molar-refractivity contribution in [1.82, 2.24) is 10.2 Å². The summed E-state index contributed by atoms with van der Waals surface area (Å²) in [5.74, 6) is -0.806. The van der Waals surface area contributed by atoms with E-state index in [0.717, 1.165) is 19.0 Å². The highest BCUT2D eigenvalue weighted by molar-refractivity contribution is 14.1. The third-order valence-electron chi connectivity index (χ3n) is 6.69. The van der Waals surface area contributed by atoms with E-state index >= 15 is 0 Å². The maximum atomic E-state index is 14.4. The zero-order valence-corrected chi connectivity index (χ0v) is 27.5. The van der Waals surface area contributed by atoms with Crippen LogP contribution in [0.25, 0.3) is 0 Å². The second kappa shape index (κ2) is 14.2. The van der Waals surface area contributed by atoms with Crippen LogP contribution in [-0.4, -0.2) is 43.3 Å². The van der Waals surface area contributed by atoms with Gasteiger partial charge in [-0.15, -0.1) is 0 Å². The SMILES string of the molecule is CC(C)(C)NC(=O)[C@H](Cc1ccccc1)N(Cc1ccccc1)C(=O)CN(c1ccc(I)cc1)S(=O)(=O)c1ccccc1. The number of anilines is 1.